The number of halogens is 2. The highest BCUT2D eigenvalue weighted by Crippen LogP contribution is 2.28. The number of hydrogen-bond acceptors (Lipinski definition) is 5. The van der Waals surface area contributed by atoms with Crippen LogP contribution in [0.15, 0.2) is 54.7 Å². The lowest BCUT2D eigenvalue weighted by Gasteiger charge is -2.11. The number of methoxy groups -OCH3 is 1. The predicted molar refractivity (Wildman–Crippen MR) is 102 cm³/mol. The Bertz CT molecular complexity index is 951. The number of amides is 1. The number of carbonyl (C=O) groups excluding carboxylic acids is 1. The van der Waals surface area contributed by atoms with Gasteiger partial charge in [0.25, 0.3) is 5.91 Å². The van der Waals surface area contributed by atoms with Crippen LogP contribution < -0.4 is 15.4 Å². The van der Waals surface area contributed by atoms with Crippen molar-refractivity contribution in [3.8, 4) is 5.75 Å². The summed E-state index contributed by atoms with van der Waals surface area (Å²) >= 11 is 5.97. The van der Waals surface area contributed by atoms with Gasteiger partial charge in [0.15, 0.2) is 0 Å². The highest BCUT2D eigenvalue weighted by Gasteiger charge is 2.12. The Labute approximate surface area is 160 Å². The van der Waals surface area contributed by atoms with E-state index in [1.807, 2.05) is 0 Å². The maximum absolute atomic E-state index is 12.9. The monoisotopic (exact) mass is 386 g/mol. The molecule has 0 bridgehead atoms. The van der Waals surface area contributed by atoms with Crippen molar-refractivity contribution in [3.63, 3.8) is 0 Å². The fourth-order valence-corrected chi connectivity index (χ4v) is 2.49. The lowest BCUT2D eigenvalue weighted by Crippen LogP contribution is -2.16. The summed E-state index contributed by atoms with van der Waals surface area (Å²) in [4.78, 5) is 20.8. The molecule has 0 atom stereocenters. The van der Waals surface area contributed by atoms with Crippen molar-refractivity contribution in [2.75, 3.05) is 17.7 Å². The Hall–Kier alpha value is -3.19. The van der Waals surface area contributed by atoms with Crippen molar-refractivity contribution in [2.24, 2.45) is 0 Å². The van der Waals surface area contributed by atoms with E-state index in [4.69, 9.17) is 16.3 Å². The summed E-state index contributed by atoms with van der Waals surface area (Å²) < 4.78 is 18.2. The molecule has 1 aromatic heterocycles. The number of nitrogens with one attached hydrogen (secondary N) is 2. The third kappa shape index (κ3) is 4.92. The van der Waals surface area contributed by atoms with Crippen molar-refractivity contribution in [1.29, 1.82) is 0 Å². The number of ether oxygens (including phenoxy) is 1. The van der Waals surface area contributed by atoms with E-state index in [2.05, 4.69) is 20.6 Å². The molecule has 0 aliphatic rings. The van der Waals surface area contributed by atoms with Gasteiger partial charge in [-0.05, 0) is 42.0 Å². The quantitative estimate of drug-likeness (QED) is 0.665. The summed E-state index contributed by atoms with van der Waals surface area (Å²) in [6.07, 6.45) is 1.48. The van der Waals surface area contributed by atoms with E-state index in [9.17, 15) is 9.18 Å². The summed E-state index contributed by atoms with van der Waals surface area (Å²) in [7, 11) is 1.50. The van der Waals surface area contributed by atoms with Crippen molar-refractivity contribution in [1.82, 2.24) is 9.97 Å². The Morgan fingerprint density at radius 3 is 2.70 bits per heavy atom. The van der Waals surface area contributed by atoms with E-state index in [-0.39, 0.29) is 17.5 Å². The SMILES string of the molecule is COc1ccc(Cl)cc1NC(=O)c1ccnc(NCc2ccc(F)cc2)n1. The van der Waals surface area contributed by atoms with Gasteiger partial charge in [0.1, 0.15) is 17.3 Å². The van der Waals surface area contributed by atoms with Crippen LogP contribution >= 0.6 is 11.6 Å². The second-order valence-electron chi connectivity index (χ2n) is 5.54. The average molecular weight is 387 g/mol. The average Bonchev–Trinajstić information content (AvgIpc) is 2.68. The van der Waals surface area contributed by atoms with Gasteiger partial charge >= 0.3 is 0 Å². The fraction of sp³-hybridized carbons (Fsp3) is 0.105. The molecule has 0 aliphatic carbocycles. The largest absolute Gasteiger partial charge is 0.495 e. The molecule has 138 valence electrons. The third-order valence-corrected chi connectivity index (χ3v) is 3.90. The standard InChI is InChI=1S/C19H16ClFN4O2/c1-27-17-7-4-13(20)10-16(17)24-18(26)15-8-9-22-19(25-15)23-11-12-2-5-14(21)6-3-12/h2-10H,11H2,1H3,(H,24,26)(H,22,23,25). The predicted octanol–water partition coefficient (Wildman–Crippen LogP) is 4.14. The molecule has 0 aliphatic heterocycles. The molecule has 3 rings (SSSR count). The maximum atomic E-state index is 12.9. The highest BCUT2D eigenvalue weighted by molar-refractivity contribution is 6.31. The maximum Gasteiger partial charge on any atom is 0.274 e. The molecular formula is C19H16ClFN4O2. The number of carbonyl (C=O) groups is 1. The van der Waals surface area contributed by atoms with Crippen LogP contribution in [0.3, 0.4) is 0 Å². The van der Waals surface area contributed by atoms with Gasteiger partial charge in [0.2, 0.25) is 5.95 Å². The topological polar surface area (TPSA) is 76.1 Å². The lowest BCUT2D eigenvalue weighted by atomic mass is 10.2. The Kier molecular flexibility index (Phi) is 5.83. The Balaban J connectivity index is 1.70. The van der Waals surface area contributed by atoms with Crippen molar-refractivity contribution >= 4 is 29.1 Å². The van der Waals surface area contributed by atoms with Crippen LogP contribution in [0.1, 0.15) is 16.1 Å². The van der Waals surface area contributed by atoms with E-state index < -0.39 is 5.91 Å². The number of benzene rings is 2. The summed E-state index contributed by atoms with van der Waals surface area (Å²) in [6.45, 7) is 0.396. The van der Waals surface area contributed by atoms with Crippen LogP contribution in [0.5, 0.6) is 5.75 Å². The number of rotatable bonds is 6. The molecule has 1 heterocycles. The molecule has 0 spiro atoms. The molecule has 3 aromatic rings. The Morgan fingerprint density at radius 1 is 1.19 bits per heavy atom. The zero-order chi connectivity index (χ0) is 19.2. The van der Waals surface area contributed by atoms with Crippen molar-refractivity contribution < 1.29 is 13.9 Å². The molecule has 0 fully saturated rings. The van der Waals surface area contributed by atoms with E-state index in [0.29, 0.717) is 23.0 Å². The molecule has 0 radical (unpaired) electrons. The first-order valence-corrected chi connectivity index (χ1v) is 8.39. The minimum Gasteiger partial charge on any atom is -0.495 e. The normalized spacial score (nSPS) is 10.3. The second-order valence-corrected chi connectivity index (χ2v) is 5.98. The van der Waals surface area contributed by atoms with Crippen LogP contribution in [0.4, 0.5) is 16.0 Å². The summed E-state index contributed by atoms with van der Waals surface area (Å²) in [5.41, 5.74) is 1.47. The van der Waals surface area contributed by atoms with Gasteiger partial charge in [-0.1, -0.05) is 23.7 Å². The van der Waals surface area contributed by atoms with E-state index in [0.717, 1.165) is 5.56 Å². The minimum atomic E-state index is -0.428. The molecule has 6 nitrogen and oxygen atoms in total. The first-order valence-electron chi connectivity index (χ1n) is 8.01. The van der Waals surface area contributed by atoms with Crippen LogP contribution in [0.25, 0.3) is 0 Å². The molecule has 0 saturated heterocycles. The molecule has 0 unspecified atom stereocenters. The molecular weight excluding hydrogens is 371 g/mol. The van der Waals surface area contributed by atoms with Gasteiger partial charge < -0.3 is 15.4 Å². The summed E-state index contributed by atoms with van der Waals surface area (Å²) in [5, 5.41) is 6.19. The van der Waals surface area contributed by atoms with E-state index in [1.165, 1.54) is 31.5 Å². The number of hydrogen-bond donors (Lipinski definition) is 2. The highest BCUT2D eigenvalue weighted by atomic mass is 35.5. The van der Waals surface area contributed by atoms with Gasteiger partial charge in [-0.3, -0.25) is 4.79 Å². The van der Waals surface area contributed by atoms with Gasteiger partial charge in [-0.25, -0.2) is 14.4 Å². The first-order chi connectivity index (χ1) is 13.0. The zero-order valence-corrected chi connectivity index (χ0v) is 15.1. The second kappa shape index (κ2) is 8.46. The van der Waals surface area contributed by atoms with Crippen LogP contribution in [-0.2, 0) is 6.54 Å². The lowest BCUT2D eigenvalue weighted by molar-refractivity contribution is 0.102. The van der Waals surface area contributed by atoms with Gasteiger partial charge in [0.05, 0.1) is 12.8 Å². The van der Waals surface area contributed by atoms with Crippen LogP contribution in [0.2, 0.25) is 5.02 Å². The molecule has 2 N–H and O–H groups in total. The number of aromatic nitrogens is 2. The molecule has 8 heteroatoms. The molecule has 27 heavy (non-hydrogen) atoms. The van der Waals surface area contributed by atoms with Gasteiger partial charge in [-0.2, -0.15) is 0 Å². The van der Waals surface area contributed by atoms with E-state index >= 15 is 0 Å². The summed E-state index contributed by atoms with van der Waals surface area (Å²) in [5.74, 6) is 0.0365. The van der Waals surface area contributed by atoms with Crippen molar-refractivity contribution in [3.05, 3.63) is 76.8 Å². The fourth-order valence-electron chi connectivity index (χ4n) is 2.32. The summed E-state index contributed by atoms with van der Waals surface area (Å²) in [6, 6.07) is 12.5. The van der Waals surface area contributed by atoms with Gasteiger partial charge in [-0.15, -0.1) is 0 Å². The van der Waals surface area contributed by atoms with Crippen molar-refractivity contribution in [2.45, 2.75) is 6.54 Å². The zero-order valence-electron chi connectivity index (χ0n) is 14.4. The molecule has 0 saturated carbocycles. The smallest absolute Gasteiger partial charge is 0.274 e. The first kappa shape index (κ1) is 18.6. The third-order valence-electron chi connectivity index (χ3n) is 3.66. The van der Waals surface area contributed by atoms with Crippen LogP contribution in [0, 0.1) is 5.82 Å². The van der Waals surface area contributed by atoms with Crippen LogP contribution in [-0.4, -0.2) is 23.0 Å². The molecule has 1 amide bonds. The van der Waals surface area contributed by atoms with E-state index in [1.54, 1.807) is 30.3 Å². The number of nitrogens with zero attached hydrogens (tertiary/aromatic N) is 2. The molecule has 2 aromatic carbocycles. The minimum absolute atomic E-state index is 0.175. The Morgan fingerprint density at radius 2 is 1.96 bits per heavy atom. The number of anilines is 2. The van der Waals surface area contributed by atoms with Gasteiger partial charge in [0, 0.05) is 17.8 Å².